The van der Waals surface area contributed by atoms with E-state index in [9.17, 15) is 4.39 Å². The molecule has 0 unspecified atom stereocenters. The first kappa shape index (κ1) is 17.0. The molecule has 1 N–H and O–H groups in total. The maximum atomic E-state index is 14.8. The molecule has 0 bridgehead atoms. The van der Waals surface area contributed by atoms with Gasteiger partial charge in [-0.1, -0.05) is 18.2 Å². The van der Waals surface area contributed by atoms with Crippen LogP contribution in [0.2, 0.25) is 0 Å². The van der Waals surface area contributed by atoms with Crippen LogP contribution in [0.4, 0.5) is 10.2 Å². The summed E-state index contributed by atoms with van der Waals surface area (Å²) in [5, 5.41) is 7.83. The van der Waals surface area contributed by atoms with Crippen molar-refractivity contribution in [1.29, 1.82) is 0 Å². The number of nitrogens with one attached hydrogen (secondary N) is 1. The van der Waals surface area contributed by atoms with E-state index in [2.05, 4.69) is 20.4 Å². The predicted octanol–water partition coefficient (Wildman–Crippen LogP) is 4.41. The quantitative estimate of drug-likeness (QED) is 0.582. The molecule has 2 aromatic heterocycles. The second kappa shape index (κ2) is 6.68. The number of aryl methyl sites for hydroxylation is 2. The second-order valence-corrected chi connectivity index (χ2v) is 6.20. The van der Waals surface area contributed by atoms with E-state index in [4.69, 9.17) is 4.74 Å². The molecule has 7 heteroatoms. The molecular weight excluding hydrogens is 345 g/mol. The SMILES string of the molecule is CNc1nc(-n2cccn2)nc2cc(F)c(Oc3c(C)cccc3C)cc12. The Morgan fingerprint density at radius 2 is 1.85 bits per heavy atom. The van der Waals surface area contributed by atoms with Crippen LogP contribution in [0.3, 0.4) is 0 Å². The standard InChI is InChI=1S/C20H18FN5O/c1-12-6-4-7-13(2)18(12)27-17-10-14-16(11-15(17)21)24-20(25-19(14)22-3)26-9-5-8-23-26/h4-11H,1-3H3,(H,22,24,25). The number of benzene rings is 2. The number of hydrogen-bond acceptors (Lipinski definition) is 5. The summed E-state index contributed by atoms with van der Waals surface area (Å²) < 4.78 is 22.2. The molecule has 0 radical (unpaired) electrons. The molecule has 136 valence electrons. The number of nitrogens with zero attached hydrogens (tertiary/aromatic N) is 4. The number of fused-ring (bicyclic) bond motifs is 1. The molecular formula is C20H18FN5O. The Balaban J connectivity index is 1.85. The number of ether oxygens (including phenoxy) is 1. The van der Waals surface area contributed by atoms with Gasteiger partial charge in [0.1, 0.15) is 11.6 Å². The highest BCUT2D eigenvalue weighted by atomic mass is 19.1. The molecule has 27 heavy (non-hydrogen) atoms. The molecule has 2 heterocycles. The first-order chi connectivity index (χ1) is 13.1. The van der Waals surface area contributed by atoms with E-state index in [1.807, 2.05) is 32.0 Å². The zero-order valence-corrected chi connectivity index (χ0v) is 15.2. The normalized spacial score (nSPS) is 11.0. The molecule has 0 saturated heterocycles. The van der Waals surface area contributed by atoms with Gasteiger partial charge in [0, 0.05) is 30.9 Å². The van der Waals surface area contributed by atoms with Crippen LogP contribution in [0.1, 0.15) is 11.1 Å². The summed E-state index contributed by atoms with van der Waals surface area (Å²) >= 11 is 0. The second-order valence-electron chi connectivity index (χ2n) is 6.20. The molecule has 0 saturated carbocycles. The van der Waals surface area contributed by atoms with Crippen molar-refractivity contribution >= 4 is 16.7 Å². The monoisotopic (exact) mass is 363 g/mol. The van der Waals surface area contributed by atoms with Gasteiger partial charge >= 0.3 is 0 Å². The van der Waals surface area contributed by atoms with E-state index in [1.54, 1.807) is 31.6 Å². The summed E-state index contributed by atoms with van der Waals surface area (Å²) in [7, 11) is 1.75. The number of hydrogen-bond donors (Lipinski definition) is 1. The summed E-state index contributed by atoms with van der Waals surface area (Å²) in [5.41, 5.74) is 2.34. The van der Waals surface area contributed by atoms with Crippen molar-refractivity contribution in [2.24, 2.45) is 0 Å². The summed E-state index contributed by atoms with van der Waals surface area (Å²) in [5.74, 6) is 1.22. The Bertz CT molecular complexity index is 1100. The lowest BCUT2D eigenvalue weighted by Crippen LogP contribution is -2.06. The van der Waals surface area contributed by atoms with Gasteiger partial charge in [-0.25, -0.2) is 14.1 Å². The van der Waals surface area contributed by atoms with Crippen LogP contribution in [-0.2, 0) is 0 Å². The maximum Gasteiger partial charge on any atom is 0.253 e. The van der Waals surface area contributed by atoms with Crippen molar-refractivity contribution in [3.63, 3.8) is 0 Å². The number of anilines is 1. The molecule has 4 aromatic rings. The number of halogens is 1. The van der Waals surface area contributed by atoms with E-state index >= 15 is 0 Å². The van der Waals surface area contributed by atoms with Crippen LogP contribution >= 0.6 is 0 Å². The van der Waals surface area contributed by atoms with E-state index in [0.29, 0.717) is 28.4 Å². The Hall–Kier alpha value is -3.48. The number of rotatable bonds is 4. The van der Waals surface area contributed by atoms with Gasteiger partial charge in [0.05, 0.1) is 5.52 Å². The molecule has 6 nitrogen and oxygen atoms in total. The Morgan fingerprint density at radius 1 is 1.07 bits per heavy atom. The highest BCUT2D eigenvalue weighted by Crippen LogP contribution is 2.34. The average Bonchev–Trinajstić information content (AvgIpc) is 3.19. The minimum absolute atomic E-state index is 0.131. The number of aromatic nitrogens is 4. The van der Waals surface area contributed by atoms with Gasteiger partial charge in [-0.05, 0) is 37.1 Å². The lowest BCUT2D eigenvalue weighted by molar-refractivity contribution is 0.438. The van der Waals surface area contributed by atoms with Crippen molar-refractivity contribution in [2.45, 2.75) is 13.8 Å². The summed E-state index contributed by atoms with van der Waals surface area (Å²) in [4.78, 5) is 8.90. The maximum absolute atomic E-state index is 14.8. The van der Waals surface area contributed by atoms with Gasteiger partial charge in [0.15, 0.2) is 11.6 Å². The third-order valence-corrected chi connectivity index (χ3v) is 4.30. The fourth-order valence-corrected chi connectivity index (χ4v) is 2.95. The van der Waals surface area contributed by atoms with E-state index in [1.165, 1.54) is 10.7 Å². The third kappa shape index (κ3) is 3.08. The molecule has 0 amide bonds. The summed E-state index contributed by atoms with van der Waals surface area (Å²) in [6, 6.07) is 10.6. The lowest BCUT2D eigenvalue weighted by Gasteiger charge is -2.14. The van der Waals surface area contributed by atoms with Crippen molar-refractivity contribution in [2.75, 3.05) is 12.4 Å². The molecule has 4 rings (SSSR count). The van der Waals surface area contributed by atoms with Gasteiger partial charge in [0.2, 0.25) is 0 Å². The Kier molecular flexibility index (Phi) is 4.19. The van der Waals surface area contributed by atoms with E-state index in [0.717, 1.165) is 11.1 Å². The van der Waals surface area contributed by atoms with Crippen molar-refractivity contribution in [3.8, 4) is 17.4 Å². The van der Waals surface area contributed by atoms with Crippen molar-refractivity contribution < 1.29 is 9.13 Å². The van der Waals surface area contributed by atoms with Crippen LogP contribution in [0.15, 0.2) is 48.8 Å². The van der Waals surface area contributed by atoms with Crippen molar-refractivity contribution in [1.82, 2.24) is 19.7 Å². The van der Waals surface area contributed by atoms with Crippen LogP contribution in [-0.4, -0.2) is 26.8 Å². The van der Waals surface area contributed by atoms with Crippen LogP contribution < -0.4 is 10.1 Å². The number of para-hydroxylation sites is 1. The fourth-order valence-electron chi connectivity index (χ4n) is 2.95. The molecule has 0 aliphatic rings. The minimum Gasteiger partial charge on any atom is -0.454 e. The summed E-state index contributed by atoms with van der Waals surface area (Å²) in [6.45, 7) is 3.86. The average molecular weight is 363 g/mol. The smallest absolute Gasteiger partial charge is 0.253 e. The van der Waals surface area contributed by atoms with Crippen LogP contribution in [0.5, 0.6) is 11.5 Å². The zero-order chi connectivity index (χ0) is 19.0. The highest BCUT2D eigenvalue weighted by molar-refractivity contribution is 5.90. The predicted molar refractivity (Wildman–Crippen MR) is 102 cm³/mol. The lowest BCUT2D eigenvalue weighted by atomic mass is 10.1. The van der Waals surface area contributed by atoms with Gasteiger partial charge in [-0.3, -0.25) is 0 Å². The van der Waals surface area contributed by atoms with Gasteiger partial charge in [0.25, 0.3) is 5.95 Å². The molecule has 0 aliphatic carbocycles. The fraction of sp³-hybridized carbons (Fsp3) is 0.150. The molecule has 2 aromatic carbocycles. The molecule has 0 atom stereocenters. The Morgan fingerprint density at radius 3 is 2.52 bits per heavy atom. The molecule has 0 aliphatic heterocycles. The van der Waals surface area contributed by atoms with E-state index < -0.39 is 5.82 Å². The first-order valence-electron chi connectivity index (χ1n) is 8.50. The Labute approximate surface area is 155 Å². The third-order valence-electron chi connectivity index (χ3n) is 4.30. The van der Waals surface area contributed by atoms with Gasteiger partial charge < -0.3 is 10.1 Å². The topological polar surface area (TPSA) is 64.9 Å². The van der Waals surface area contributed by atoms with Gasteiger partial charge in [-0.2, -0.15) is 10.1 Å². The van der Waals surface area contributed by atoms with Crippen LogP contribution in [0.25, 0.3) is 16.9 Å². The zero-order valence-electron chi connectivity index (χ0n) is 15.2. The van der Waals surface area contributed by atoms with E-state index in [-0.39, 0.29) is 5.75 Å². The van der Waals surface area contributed by atoms with Crippen LogP contribution in [0, 0.1) is 19.7 Å². The first-order valence-corrected chi connectivity index (χ1v) is 8.50. The molecule has 0 fully saturated rings. The van der Waals surface area contributed by atoms with Gasteiger partial charge in [-0.15, -0.1) is 0 Å². The summed E-state index contributed by atoms with van der Waals surface area (Å²) in [6.07, 6.45) is 3.37. The largest absolute Gasteiger partial charge is 0.454 e. The highest BCUT2D eigenvalue weighted by Gasteiger charge is 2.15. The van der Waals surface area contributed by atoms with Crippen molar-refractivity contribution in [3.05, 3.63) is 65.7 Å². The minimum atomic E-state index is -0.489. The molecule has 0 spiro atoms.